The van der Waals surface area contributed by atoms with Crippen LogP contribution in [0.15, 0.2) is 42.3 Å². The first-order chi connectivity index (χ1) is 6.85. The molecule has 0 saturated carbocycles. The van der Waals surface area contributed by atoms with Gasteiger partial charge in [0.05, 0.1) is 6.04 Å². The van der Waals surface area contributed by atoms with Crippen LogP contribution in [0, 0.1) is 0 Å². The summed E-state index contributed by atoms with van der Waals surface area (Å²) in [7, 11) is 0. The van der Waals surface area contributed by atoms with Gasteiger partial charge in [-0.05, 0) is 34.5 Å². The van der Waals surface area contributed by atoms with Crippen molar-refractivity contribution in [1.29, 1.82) is 0 Å². The molecule has 1 heterocycles. The topological polar surface area (TPSA) is 38.0 Å². The summed E-state index contributed by atoms with van der Waals surface area (Å²) >= 11 is 1.75. The summed E-state index contributed by atoms with van der Waals surface area (Å²) < 4.78 is 1.30. The summed E-state index contributed by atoms with van der Waals surface area (Å²) in [5.41, 5.74) is 3.86. The van der Waals surface area contributed by atoms with Crippen LogP contribution in [-0.2, 0) is 0 Å². The van der Waals surface area contributed by atoms with Crippen LogP contribution >= 0.6 is 11.3 Å². The Kier molecular flexibility index (Phi) is 2.63. The fraction of sp³-hybridized carbons (Fsp3) is 0.0909. The maximum atomic E-state index is 5.42. The summed E-state index contributed by atoms with van der Waals surface area (Å²) in [4.78, 5) is 0. The van der Waals surface area contributed by atoms with E-state index in [9.17, 15) is 0 Å². The SMILES string of the molecule is C=CC(NN)c1ccc2sccc2c1. The van der Waals surface area contributed by atoms with Gasteiger partial charge in [-0.1, -0.05) is 12.1 Å². The van der Waals surface area contributed by atoms with Crippen LogP contribution in [0.3, 0.4) is 0 Å². The van der Waals surface area contributed by atoms with Gasteiger partial charge in [0.1, 0.15) is 0 Å². The summed E-state index contributed by atoms with van der Waals surface area (Å²) in [5, 5.41) is 3.35. The zero-order valence-corrected chi connectivity index (χ0v) is 8.55. The van der Waals surface area contributed by atoms with Gasteiger partial charge in [0, 0.05) is 4.70 Å². The van der Waals surface area contributed by atoms with Crippen molar-refractivity contribution in [3.05, 3.63) is 47.9 Å². The maximum absolute atomic E-state index is 5.42. The van der Waals surface area contributed by atoms with E-state index in [0.29, 0.717) is 0 Å². The van der Waals surface area contributed by atoms with Gasteiger partial charge in [-0.15, -0.1) is 17.9 Å². The van der Waals surface area contributed by atoms with Crippen LogP contribution in [0.5, 0.6) is 0 Å². The molecule has 2 rings (SSSR count). The van der Waals surface area contributed by atoms with E-state index in [1.54, 1.807) is 17.4 Å². The van der Waals surface area contributed by atoms with Crippen LogP contribution in [-0.4, -0.2) is 0 Å². The zero-order valence-electron chi connectivity index (χ0n) is 7.73. The number of hydrogen-bond donors (Lipinski definition) is 2. The standard InChI is InChI=1S/C11H12N2S/c1-2-10(13-12)8-3-4-11-9(7-8)5-6-14-11/h2-7,10,13H,1,12H2. The first kappa shape index (κ1) is 9.40. The second-order valence-corrected chi connectivity index (χ2v) is 4.05. The summed E-state index contributed by atoms with van der Waals surface area (Å²) in [6.45, 7) is 3.74. The van der Waals surface area contributed by atoms with E-state index in [1.807, 2.05) is 0 Å². The van der Waals surface area contributed by atoms with Crippen molar-refractivity contribution in [3.63, 3.8) is 0 Å². The highest BCUT2D eigenvalue weighted by Gasteiger charge is 2.05. The van der Waals surface area contributed by atoms with Gasteiger partial charge in [-0.2, -0.15) is 0 Å². The molecule has 0 bridgehead atoms. The lowest BCUT2D eigenvalue weighted by molar-refractivity contribution is 0.657. The Labute approximate surface area is 87.0 Å². The first-order valence-electron chi connectivity index (χ1n) is 4.41. The fourth-order valence-corrected chi connectivity index (χ4v) is 2.25. The Balaban J connectivity index is 2.47. The predicted molar refractivity (Wildman–Crippen MR) is 62.1 cm³/mol. The smallest absolute Gasteiger partial charge is 0.0638 e. The van der Waals surface area contributed by atoms with E-state index in [-0.39, 0.29) is 6.04 Å². The molecular weight excluding hydrogens is 192 g/mol. The van der Waals surface area contributed by atoms with Crippen molar-refractivity contribution in [3.8, 4) is 0 Å². The molecule has 1 aromatic heterocycles. The average molecular weight is 204 g/mol. The second-order valence-electron chi connectivity index (χ2n) is 3.10. The Hall–Kier alpha value is -1.16. The quantitative estimate of drug-likeness (QED) is 0.458. The molecular formula is C11H12N2S. The number of rotatable bonds is 3. The molecule has 0 aliphatic heterocycles. The van der Waals surface area contributed by atoms with Gasteiger partial charge in [-0.3, -0.25) is 5.84 Å². The Morgan fingerprint density at radius 1 is 1.43 bits per heavy atom. The normalized spacial score (nSPS) is 12.9. The summed E-state index contributed by atoms with van der Waals surface area (Å²) in [6, 6.07) is 8.46. The van der Waals surface area contributed by atoms with Crippen LogP contribution in [0.25, 0.3) is 10.1 Å². The molecule has 1 atom stereocenters. The summed E-state index contributed by atoms with van der Waals surface area (Å²) in [6.07, 6.45) is 1.80. The number of nitrogens with one attached hydrogen (secondary N) is 1. The highest BCUT2D eigenvalue weighted by atomic mass is 32.1. The number of nitrogens with two attached hydrogens (primary N) is 1. The van der Waals surface area contributed by atoms with Crippen molar-refractivity contribution < 1.29 is 0 Å². The highest BCUT2D eigenvalue weighted by molar-refractivity contribution is 7.17. The third-order valence-corrected chi connectivity index (χ3v) is 3.15. The van der Waals surface area contributed by atoms with Gasteiger partial charge >= 0.3 is 0 Å². The number of hydrogen-bond acceptors (Lipinski definition) is 3. The molecule has 3 N–H and O–H groups in total. The van der Waals surface area contributed by atoms with Crippen LogP contribution in [0.4, 0.5) is 0 Å². The van der Waals surface area contributed by atoms with Gasteiger partial charge in [-0.25, -0.2) is 5.43 Å². The van der Waals surface area contributed by atoms with Gasteiger partial charge in [0.15, 0.2) is 0 Å². The van der Waals surface area contributed by atoms with Crippen molar-refractivity contribution in [2.24, 2.45) is 5.84 Å². The molecule has 0 aliphatic rings. The molecule has 0 fully saturated rings. The molecule has 0 aliphatic carbocycles. The van der Waals surface area contributed by atoms with Crippen molar-refractivity contribution in [2.75, 3.05) is 0 Å². The van der Waals surface area contributed by atoms with Crippen LogP contribution < -0.4 is 11.3 Å². The molecule has 0 saturated heterocycles. The third kappa shape index (κ3) is 1.57. The zero-order chi connectivity index (χ0) is 9.97. The molecule has 2 nitrogen and oxygen atoms in total. The molecule has 2 aromatic rings. The molecule has 1 aromatic carbocycles. The van der Waals surface area contributed by atoms with Gasteiger partial charge in [0.2, 0.25) is 0 Å². The average Bonchev–Trinajstić information content (AvgIpc) is 2.66. The minimum absolute atomic E-state index is 0.0271. The second kappa shape index (κ2) is 3.92. The minimum Gasteiger partial charge on any atom is -0.271 e. The lowest BCUT2D eigenvalue weighted by Gasteiger charge is -2.10. The van der Waals surface area contributed by atoms with Crippen molar-refractivity contribution in [2.45, 2.75) is 6.04 Å². The van der Waals surface area contributed by atoms with Gasteiger partial charge in [0.25, 0.3) is 0 Å². The summed E-state index contributed by atoms with van der Waals surface area (Å²) in [5.74, 6) is 5.42. The van der Waals surface area contributed by atoms with E-state index in [2.05, 4.69) is 41.7 Å². The number of fused-ring (bicyclic) bond motifs is 1. The number of thiophene rings is 1. The van der Waals surface area contributed by atoms with Crippen molar-refractivity contribution >= 4 is 21.4 Å². The minimum atomic E-state index is 0.0271. The van der Waals surface area contributed by atoms with E-state index in [0.717, 1.165) is 5.56 Å². The molecule has 72 valence electrons. The molecule has 0 spiro atoms. The van der Waals surface area contributed by atoms with E-state index >= 15 is 0 Å². The Bertz CT molecular complexity index is 447. The molecule has 14 heavy (non-hydrogen) atoms. The van der Waals surface area contributed by atoms with Crippen molar-refractivity contribution in [1.82, 2.24) is 5.43 Å². The van der Waals surface area contributed by atoms with Crippen LogP contribution in [0.2, 0.25) is 0 Å². The van der Waals surface area contributed by atoms with Crippen LogP contribution in [0.1, 0.15) is 11.6 Å². The van der Waals surface area contributed by atoms with E-state index in [1.165, 1.54) is 10.1 Å². The fourth-order valence-electron chi connectivity index (χ4n) is 1.48. The molecule has 1 unspecified atom stereocenters. The third-order valence-electron chi connectivity index (χ3n) is 2.25. The lowest BCUT2D eigenvalue weighted by atomic mass is 10.1. The Morgan fingerprint density at radius 2 is 2.29 bits per heavy atom. The van der Waals surface area contributed by atoms with E-state index < -0.39 is 0 Å². The first-order valence-corrected chi connectivity index (χ1v) is 5.29. The molecule has 0 radical (unpaired) electrons. The molecule has 3 heteroatoms. The largest absolute Gasteiger partial charge is 0.271 e. The monoisotopic (exact) mass is 204 g/mol. The van der Waals surface area contributed by atoms with E-state index in [4.69, 9.17) is 5.84 Å². The predicted octanol–water partition coefficient (Wildman–Crippen LogP) is 2.59. The molecule has 0 amide bonds. The Morgan fingerprint density at radius 3 is 3.00 bits per heavy atom. The number of benzene rings is 1. The van der Waals surface area contributed by atoms with Gasteiger partial charge < -0.3 is 0 Å². The lowest BCUT2D eigenvalue weighted by Crippen LogP contribution is -2.26. The number of hydrazine groups is 1. The maximum Gasteiger partial charge on any atom is 0.0638 e. The highest BCUT2D eigenvalue weighted by Crippen LogP contribution is 2.24.